The Hall–Kier alpha value is -1.58. The first kappa shape index (κ1) is 9.51. The second-order valence-corrected chi connectivity index (χ2v) is 2.63. The van der Waals surface area contributed by atoms with Gasteiger partial charge < -0.3 is 19.7 Å². The normalized spacial score (nSPS) is 9.77. The second-order valence-electron chi connectivity index (χ2n) is 2.63. The highest BCUT2D eigenvalue weighted by Crippen LogP contribution is 2.44. The number of phenolic OH excluding ortho intramolecular Hbond substituents is 2. The molecule has 72 valence electrons. The topological polar surface area (TPSA) is 58.9 Å². The molecule has 4 nitrogen and oxygen atoms in total. The summed E-state index contributed by atoms with van der Waals surface area (Å²) in [6.07, 6.45) is 0. The van der Waals surface area contributed by atoms with Crippen molar-refractivity contribution in [1.82, 2.24) is 0 Å². The molecule has 1 aromatic carbocycles. The number of ether oxygens (including phenoxy) is 2. The average Bonchev–Trinajstić information content (AvgIpc) is 2.12. The van der Waals surface area contributed by atoms with E-state index in [0.29, 0.717) is 5.56 Å². The molecule has 0 atom stereocenters. The third kappa shape index (κ3) is 1.47. The van der Waals surface area contributed by atoms with Gasteiger partial charge in [-0.3, -0.25) is 0 Å². The quantitative estimate of drug-likeness (QED) is 0.682. The summed E-state index contributed by atoms with van der Waals surface area (Å²) in [7, 11) is 2.84. The van der Waals surface area contributed by atoms with Gasteiger partial charge >= 0.3 is 0 Å². The minimum Gasteiger partial charge on any atom is -0.502 e. The highest BCUT2D eigenvalue weighted by molar-refractivity contribution is 5.60. The summed E-state index contributed by atoms with van der Waals surface area (Å²) in [5, 5.41) is 18.8. The monoisotopic (exact) mass is 184 g/mol. The van der Waals surface area contributed by atoms with Gasteiger partial charge in [-0.15, -0.1) is 0 Å². The van der Waals surface area contributed by atoms with Crippen molar-refractivity contribution in [3.8, 4) is 23.0 Å². The van der Waals surface area contributed by atoms with Crippen LogP contribution in [0.5, 0.6) is 23.0 Å². The Bertz CT molecular complexity index is 320. The molecule has 0 saturated carbocycles. The summed E-state index contributed by atoms with van der Waals surface area (Å²) in [5.74, 6) is -0.0987. The Morgan fingerprint density at radius 3 is 2.15 bits per heavy atom. The lowest BCUT2D eigenvalue weighted by Gasteiger charge is -2.11. The van der Waals surface area contributed by atoms with E-state index in [1.54, 1.807) is 13.0 Å². The van der Waals surface area contributed by atoms with Crippen LogP contribution in [-0.2, 0) is 0 Å². The van der Waals surface area contributed by atoms with Crippen LogP contribution in [-0.4, -0.2) is 24.4 Å². The van der Waals surface area contributed by atoms with Crippen molar-refractivity contribution < 1.29 is 19.7 Å². The smallest absolute Gasteiger partial charge is 0.204 e. The molecule has 0 spiro atoms. The maximum Gasteiger partial charge on any atom is 0.204 e. The number of methoxy groups -OCH3 is 2. The zero-order valence-electron chi connectivity index (χ0n) is 7.79. The van der Waals surface area contributed by atoms with Gasteiger partial charge in [-0.05, 0) is 18.6 Å². The van der Waals surface area contributed by atoms with Crippen molar-refractivity contribution >= 4 is 0 Å². The fraction of sp³-hybridized carbons (Fsp3) is 0.333. The van der Waals surface area contributed by atoms with Crippen molar-refractivity contribution in [2.75, 3.05) is 14.2 Å². The van der Waals surface area contributed by atoms with Gasteiger partial charge in [-0.2, -0.15) is 0 Å². The first-order chi connectivity index (χ1) is 6.11. The van der Waals surface area contributed by atoms with E-state index in [4.69, 9.17) is 9.47 Å². The van der Waals surface area contributed by atoms with Crippen molar-refractivity contribution in [1.29, 1.82) is 0 Å². The standard InChI is InChI=1S/C9H12O4/c1-5-4-6(12-2)7(10)8(11)9(5)13-3/h4,10-11H,1-3H3. The maximum atomic E-state index is 9.44. The molecule has 0 aliphatic rings. The fourth-order valence-corrected chi connectivity index (χ4v) is 1.15. The molecule has 1 rings (SSSR count). The van der Waals surface area contributed by atoms with Gasteiger partial charge in [0.25, 0.3) is 0 Å². The van der Waals surface area contributed by atoms with E-state index in [0.717, 1.165) is 0 Å². The van der Waals surface area contributed by atoms with E-state index in [-0.39, 0.29) is 23.0 Å². The molecule has 0 bridgehead atoms. The largest absolute Gasteiger partial charge is 0.502 e. The predicted octanol–water partition coefficient (Wildman–Crippen LogP) is 1.42. The Kier molecular flexibility index (Phi) is 2.51. The molecular weight excluding hydrogens is 172 g/mol. The summed E-state index contributed by atoms with van der Waals surface area (Å²) < 4.78 is 9.73. The minimum absolute atomic E-state index is 0.232. The molecule has 0 heterocycles. The van der Waals surface area contributed by atoms with Crippen molar-refractivity contribution in [2.45, 2.75) is 6.92 Å². The summed E-state index contributed by atoms with van der Waals surface area (Å²) in [5.41, 5.74) is 0.703. The van der Waals surface area contributed by atoms with Crippen molar-refractivity contribution in [3.63, 3.8) is 0 Å². The van der Waals surface area contributed by atoms with E-state index in [1.807, 2.05) is 0 Å². The van der Waals surface area contributed by atoms with Gasteiger partial charge in [0, 0.05) is 0 Å². The lowest BCUT2D eigenvalue weighted by Crippen LogP contribution is -1.91. The number of benzene rings is 1. The molecule has 1 aromatic rings. The van der Waals surface area contributed by atoms with E-state index >= 15 is 0 Å². The van der Waals surface area contributed by atoms with Gasteiger partial charge in [0.05, 0.1) is 14.2 Å². The number of rotatable bonds is 2. The zero-order valence-corrected chi connectivity index (χ0v) is 7.79. The Morgan fingerprint density at radius 2 is 1.69 bits per heavy atom. The van der Waals surface area contributed by atoms with Crippen LogP contribution in [0.15, 0.2) is 6.07 Å². The molecular formula is C9H12O4. The lowest BCUT2D eigenvalue weighted by molar-refractivity contribution is 0.326. The molecule has 0 aliphatic heterocycles. The van der Waals surface area contributed by atoms with Gasteiger partial charge in [-0.1, -0.05) is 0 Å². The van der Waals surface area contributed by atoms with Crippen LogP contribution in [0.3, 0.4) is 0 Å². The SMILES string of the molecule is COc1cc(C)c(OC)c(O)c1O. The molecule has 13 heavy (non-hydrogen) atoms. The molecule has 0 aliphatic carbocycles. The molecule has 0 unspecified atom stereocenters. The molecule has 0 saturated heterocycles. The van der Waals surface area contributed by atoms with E-state index < -0.39 is 0 Å². The van der Waals surface area contributed by atoms with Crippen LogP contribution in [0.1, 0.15) is 5.56 Å². The van der Waals surface area contributed by atoms with Gasteiger partial charge in [0.1, 0.15) is 0 Å². The Labute approximate surface area is 76.3 Å². The van der Waals surface area contributed by atoms with Crippen molar-refractivity contribution in [2.24, 2.45) is 0 Å². The van der Waals surface area contributed by atoms with Crippen LogP contribution >= 0.6 is 0 Å². The van der Waals surface area contributed by atoms with Crippen LogP contribution in [0.2, 0.25) is 0 Å². The van der Waals surface area contributed by atoms with Gasteiger partial charge in [0.15, 0.2) is 11.5 Å². The Balaban J connectivity index is 3.37. The first-order valence-electron chi connectivity index (χ1n) is 3.75. The highest BCUT2D eigenvalue weighted by Gasteiger charge is 2.15. The number of hydrogen-bond acceptors (Lipinski definition) is 4. The van der Waals surface area contributed by atoms with Crippen LogP contribution in [0.4, 0.5) is 0 Å². The predicted molar refractivity (Wildman–Crippen MR) is 47.6 cm³/mol. The maximum absolute atomic E-state index is 9.44. The third-order valence-electron chi connectivity index (χ3n) is 1.80. The summed E-state index contributed by atoms with van der Waals surface area (Å²) >= 11 is 0. The van der Waals surface area contributed by atoms with Crippen LogP contribution in [0.25, 0.3) is 0 Å². The van der Waals surface area contributed by atoms with Crippen LogP contribution < -0.4 is 9.47 Å². The minimum atomic E-state index is -0.301. The highest BCUT2D eigenvalue weighted by atomic mass is 16.5. The Morgan fingerprint density at radius 1 is 1.08 bits per heavy atom. The van der Waals surface area contributed by atoms with E-state index in [9.17, 15) is 10.2 Å². The molecule has 0 amide bonds. The molecule has 0 fully saturated rings. The molecule has 2 N–H and O–H groups in total. The lowest BCUT2D eigenvalue weighted by atomic mass is 10.2. The summed E-state index contributed by atoms with van der Waals surface area (Å²) in [6, 6.07) is 1.59. The van der Waals surface area contributed by atoms with Gasteiger partial charge in [-0.25, -0.2) is 0 Å². The molecule has 0 aromatic heterocycles. The second kappa shape index (κ2) is 3.43. The first-order valence-corrected chi connectivity index (χ1v) is 3.75. The molecule has 4 heteroatoms. The van der Waals surface area contributed by atoms with Gasteiger partial charge in [0.2, 0.25) is 11.5 Å². The number of aromatic hydroxyl groups is 2. The zero-order chi connectivity index (χ0) is 10.0. The van der Waals surface area contributed by atoms with Crippen molar-refractivity contribution in [3.05, 3.63) is 11.6 Å². The van der Waals surface area contributed by atoms with E-state index in [2.05, 4.69) is 0 Å². The fourth-order valence-electron chi connectivity index (χ4n) is 1.15. The molecule has 0 radical (unpaired) electrons. The average molecular weight is 184 g/mol. The summed E-state index contributed by atoms with van der Waals surface area (Å²) in [4.78, 5) is 0. The van der Waals surface area contributed by atoms with Crippen LogP contribution in [0, 0.1) is 6.92 Å². The number of hydrogen-bond donors (Lipinski definition) is 2. The third-order valence-corrected chi connectivity index (χ3v) is 1.80. The summed E-state index contributed by atoms with van der Waals surface area (Å²) in [6.45, 7) is 1.75. The number of phenols is 2. The number of aryl methyl sites for hydroxylation is 1. The van der Waals surface area contributed by atoms with E-state index in [1.165, 1.54) is 14.2 Å².